The first-order chi connectivity index (χ1) is 11.0. The molecule has 0 radical (unpaired) electrons. The third-order valence-electron chi connectivity index (χ3n) is 4.45. The van der Waals surface area contributed by atoms with Crippen molar-refractivity contribution in [3.63, 3.8) is 0 Å². The van der Waals surface area contributed by atoms with E-state index in [1.54, 1.807) is 30.1 Å². The summed E-state index contributed by atoms with van der Waals surface area (Å²) in [5.74, 6) is 0.482. The number of carbonyl (C=O) groups excluding carboxylic acids is 2. The van der Waals surface area contributed by atoms with E-state index >= 15 is 0 Å². The molecule has 0 aromatic carbocycles. The van der Waals surface area contributed by atoms with Gasteiger partial charge >= 0.3 is 0 Å². The van der Waals surface area contributed by atoms with E-state index in [1.165, 1.54) is 0 Å². The molecule has 126 valence electrons. The number of amides is 2. The summed E-state index contributed by atoms with van der Waals surface area (Å²) in [5.41, 5.74) is 0.717. The second kappa shape index (κ2) is 8.09. The van der Waals surface area contributed by atoms with E-state index < -0.39 is 0 Å². The minimum absolute atomic E-state index is 0.0669. The second-order valence-electron chi connectivity index (χ2n) is 6.46. The van der Waals surface area contributed by atoms with Gasteiger partial charge in [-0.05, 0) is 37.3 Å². The predicted octanol–water partition coefficient (Wildman–Crippen LogP) is 2.83. The number of likely N-dealkylation sites (tertiary alicyclic amines) is 1. The normalized spacial score (nSPS) is 15.5. The largest absolute Gasteiger partial charge is 0.340 e. The number of aromatic nitrogens is 1. The molecule has 23 heavy (non-hydrogen) atoms. The molecule has 1 aromatic heterocycles. The molecular formula is C18H27N3O2. The van der Waals surface area contributed by atoms with Gasteiger partial charge in [0, 0.05) is 26.7 Å². The highest BCUT2D eigenvalue weighted by Crippen LogP contribution is 2.18. The summed E-state index contributed by atoms with van der Waals surface area (Å²) in [6, 6.07) is 5.12. The molecule has 2 rings (SSSR count). The maximum atomic E-state index is 12.6. The molecule has 1 saturated heterocycles. The fourth-order valence-corrected chi connectivity index (χ4v) is 2.74. The molecule has 0 atom stereocenters. The van der Waals surface area contributed by atoms with E-state index in [9.17, 15) is 9.59 Å². The molecule has 0 aliphatic carbocycles. The number of hydrogen-bond donors (Lipinski definition) is 0. The summed E-state index contributed by atoms with van der Waals surface area (Å²) in [6.45, 7) is 6.56. The quantitative estimate of drug-likeness (QED) is 0.839. The summed E-state index contributed by atoms with van der Waals surface area (Å²) >= 11 is 0. The molecule has 0 spiro atoms. The Kier molecular flexibility index (Phi) is 6.13. The summed E-state index contributed by atoms with van der Waals surface area (Å²) in [4.78, 5) is 32.8. The lowest BCUT2D eigenvalue weighted by Crippen LogP contribution is -2.38. The van der Waals surface area contributed by atoms with Crippen LogP contribution in [0.15, 0.2) is 18.2 Å². The highest BCUT2D eigenvalue weighted by Gasteiger charge is 2.23. The van der Waals surface area contributed by atoms with Crippen molar-refractivity contribution in [3.05, 3.63) is 29.6 Å². The van der Waals surface area contributed by atoms with E-state index in [0.29, 0.717) is 23.9 Å². The zero-order valence-electron chi connectivity index (χ0n) is 14.4. The Morgan fingerprint density at radius 1 is 1.26 bits per heavy atom. The van der Waals surface area contributed by atoms with Gasteiger partial charge in [-0.1, -0.05) is 26.3 Å². The van der Waals surface area contributed by atoms with Crippen molar-refractivity contribution in [1.82, 2.24) is 14.8 Å². The topological polar surface area (TPSA) is 53.5 Å². The fourth-order valence-electron chi connectivity index (χ4n) is 2.74. The van der Waals surface area contributed by atoms with Gasteiger partial charge in [0.25, 0.3) is 11.8 Å². The smallest absolute Gasteiger partial charge is 0.272 e. The van der Waals surface area contributed by atoms with Crippen LogP contribution in [-0.2, 0) is 0 Å². The number of pyridine rings is 1. The first kappa shape index (κ1) is 17.4. The van der Waals surface area contributed by atoms with Gasteiger partial charge in [0.15, 0.2) is 0 Å². The molecule has 1 aliphatic heterocycles. The number of hydrogen-bond acceptors (Lipinski definition) is 3. The number of rotatable bonds is 5. The zero-order chi connectivity index (χ0) is 16.8. The lowest BCUT2D eigenvalue weighted by molar-refractivity contribution is 0.0690. The van der Waals surface area contributed by atoms with Gasteiger partial charge in [0.2, 0.25) is 0 Å². The first-order valence-electron chi connectivity index (χ1n) is 8.54. The highest BCUT2D eigenvalue weighted by atomic mass is 16.2. The van der Waals surface area contributed by atoms with Crippen LogP contribution in [0.3, 0.4) is 0 Å². The predicted molar refractivity (Wildman–Crippen MR) is 90.4 cm³/mol. The standard InChI is InChI=1S/C18H27N3O2/c1-4-5-11-20(3)17(22)15-7-6-8-16(19-15)18(23)21-12-9-14(2)10-13-21/h6-8,14H,4-5,9-13H2,1-3H3. The Morgan fingerprint density at radius 2 is 1.91 bits per heavy atom. The van der Waals surface area contributed by atoms with Gasteiger partial charge in [-0.15, -0.1) is 0 Å². The Bertz CT molecular complexity index is 551. The summed E-state index contributed by atoms with van der Waals surface area (Å²) in [7, 11) is 1.78. The highest BCUT2D eigenvalue weighted by molar-refractivity contribution is 5.96. The van der Waals surface area contributed by atoms with Crippen molar-refractivity contribution in [2.75, 3.05) is 26.7 Å². The van der Waals surface area contributed by atoms with Crippen LogP contribution in [0, 0.1) is 5.92 Å². The van der Waals surface area contributed by atoms with Crippen LogP contribution in [0.2, 0.25) is 0 Å². The van der Waals surface area contributed by atoms with Crippen molar-refractivity contribution in [2.45, 2.75) is 39.5 Å². The van der Waals surface area contributed by atoms with Crippen molar-refractivity contribution >= 4 is 11.8 Å². The monoisotopic (exact) mass is 317 g/mol. The van der Waals surface area contributed by atoms with E-state index in [2.05, 4.69) is 18.8 Å². The number of nitrogens with zero attached hydrogens (tertiary/aromatic N) is 3. The average Bonchev–Trinajstić information content (AvgIpc) is 2.59. The molecule has 1 aromatic rings. The molecule has 2 heterocycles. The Labute approximate surface area is 138 Å². The zero-order valence-corrected chi connectivity index (χ0v) is 14.4. The van der Waals surface area contributed by atoms with Crippen LogP contribution in [-0.4, -0.2) is 53.3 Å². The van der Waals surface area contributed by atoms with Gasteiger partial charge in [0.05, 0.1) is 0 Å². The third kappa shape index (κ3) is 4.53. The van der Waals surface area contributed by atoms with E-state index in [4.69, 9.17) is 0 Å². The Balaban J connectivity index is 2.07. The van der Waals surface area contributed by atoms with Crippen LogP contribution < -0.4 is 0 Å². The number of unbranched alkanes of at least 4 members (excludes halogenated alkanes) is 1. The first-order valence-corrected chi connectivity index (χ1v) is 8.54. The molecule has 0 N–H and O–H groups in total. The summed E-state index contributed by atoms with van der Waals surface area (Å²) < 4.78 is 0. The third-order valence-corrected chi connectivity index (χ3v) is 4.45. The number of carbonyl (C=O) groups is 2. The number of piperidine rings is 1. The minimum Gasteiger partial charge on any atom is -0.340 e. The minimum atomic E-state index is -0.125. The van der Waals surface area contributed by atoms with Gasteiger partial charge in [-0.25, -0.2) is 4.98 Å². The molecule has 0 unspecified atom stereocenters. The molecule has 2 amide bonds. The van der Waals surface area contributed by atoms with Crippen LogP contribution in [0.4, 0.5) is 0 Å². The van der Waals surface area contributed by atoms with Gasteiger partial charge in [-0.3, -0.25) is 9.59 Å². The Morgan fingerprint density at radius 3 is 2.57 bits per heavy atom. The van der Waals surface area contributed by atoms with E-state index in [1.807, 2.05) is 4.90 Å². The maximum absolute atomic E-state index is 12.6. The molecular weight excluding hydrogens is 290 g/mol. The average molecular weight is 317 g/mol. The van der Waals surface area contributed by atoms with Crippen LogP contribution in [0.25, 0.3) is 0 Å². The van der Waals surface area contributed by atoms with E-state index in [0.717, 1.165) is 38.8 Å². The van der Waals surface area contributed by atoms with Gasteiger partial charge < -0.3 is 9.80 Å². The van der Waals surface area contributed by atoms with Crippen molar-refractivity contribution in [3.8, 4) is 0 Å². The molecule has 0 saturated carbocycles. The van der Waals surface area contributed by atoms with Gasteiger partial charge in [0.1, 0.15) is 11.4 Å². The van der Waals surface area contributed by atoms with Crippen molar-refractivity contribution in [2.24, 2.45) is 5.92 Å². The SMILES string of the molecule is CCCCN(C)C(=O)c1cccc(C(=O)N2CCC(C)CC2)n1. The molecule has 1 aliphatic rings. The Hall–Kier alpha value is -1.91. The molecule has 5 heteroatoms. The second-order valence-corrected chi connectivity index (χ2v) is 6.46. The van der Waals surface area contributed by atoms with Crippen LogP contribution in [0.5, 0.6) is 0 Å². The van der Waals surface area contributed by atoms with Gasteiger partial charge in [-0.2, -0.15) is 0 Å². The lowest BCUT2D eigenvalue weighted by Gasteiger charge is -2.30. The summed E-state index contributed by atoms with van der Waals surface area (Å²) in [5, 5.41) is 0. The van der Waals surface area contributed by atoms with E-state index in [-0.39, 0.29) is 11.8 Å². The van der Waals surface area contributed by atoms with Crippen LogP contribution >= 0.6 is 0 Å². The van der Waals surface area contributed by atoms with Crippen LogP contribution in [0.1, 0.15) is 60.5 Å². The summed E-state index contributed by atoms with van der Waals surface area (Å²) in [6.07, 6.45) is 4.07. The molecule has 5 nitrogen and oxygen atoms in total. The lowest BCUT2D eigenvalue weighted by atomic mass is 9.99. The maximum Gasteiger partial charge on any atom is 0.272 e. The van der Waals surface area contributed by atoms with Crippen molar-refractivity contribution in [1.29, 1.82) is 0 Å². The fraction of sp³-hybridized carbons (Fsp3) is 0.611. The van der Waals surface area contributed by atoms with Crippen molar-refractivity contribution < 1.29 is 9.59 Å². The molecule has 1 fully saturated rings. The molecule has 0 bridgehead atoms.